The van der Waals surface area contributed by atoms with Gasteiger partial charge in [0.2, 0.25) is 5.88 Å². The molecule has 2 aromatic rings. The summed E-state index contributed by atoms with van der Waals surface area (Å²) in [4.78, 5) is 19.2. The van der Waals surface area contributed by atoms with Gasteiger partial charge < -0.3 is 9.64 Å². The number of anilines is 1. The number of hydrogen-bond acceptors (Lipinski definition) is 6. The SMILES string of the molecule is CCc1cc(N2CCCC(COc3cnccn3)C2)ncn1. The fourth-order valence-electron chi connectivity index (χ4n) is 2.72. The third-order valence-electron chi connectivity index (χ3n) is 3.92. The lowest BCUT2D eigenvalue weighted by Gasteiger charge is -2.33. The molecule has 116 valence electrons. The molecule has 1 unspecified atom stereocenters. The van der Waals surface area contributed by atoms with Crippen LogP contribution in [0.25, 0.3) is 0 Å². The second-order valence-electron chi connectivity index (χ2n) is 5.53. The smallest absolute Gasteiger partial charge is 0.232 e. The number of hydrogen-bond donors (Lipinski definition) is 0. The van der Waals surface area contributed by atoms with E-state index in [4.69, 9.17) is 4.74 Å². The molecule has 0 spiro atoms. The third-order valence-corrected chi connectivity index (χ3v) is 3.92. The van der Waals surface area contributed by atoms with Crippen molar-refractivity contribution in [2.24, 2.45) is 5.92 Å². The summed E-state index contributed by atoms with van der Waals surface area (Å²) < 4.78 is 5.74. The third kappa shape index (κ3) is 3.69. The first-order chi connectivity index (χ1) is 10.8. The van der Waals surface area contributed by atoms with Gasteiger partial charge in [-0.1, -0.05) is 6.92 Å². The van der Waals surface area contributed by atoms with Gasteiger partial charge in [-0.05, 0) is 19.3 Å². The van der Waals surface area contributed by atoms with Crippen LogP contribution in [0.4, 0.5) is 5.82 Å². The van der Waals surface area contributed by atoms with Gasteiger partial charge in [-0.2, -0.15) is 0 Å². The molecule has 3 rings (SSSR count). The summed E-state index contributed by atoms with van der Waals surface area (Å²) in [6, 6.07) is 2.09. The van der Waals surface area contributed by atoms with Gasteiger partial charge in [-0.15, -0.1) is 0 Å². The van der Waals surface area contributed by atoms with Gasteiger partial charge in [-0.25, -0.2) is 15.0 Å². The van der Waals surface area contributed by atoms with Crippen LogP contribution in [0.1, 0.15) is 25.5 Å². The Labute approximate surface area is 130 Å². The molecule has 1 aliphatic heterocycles. The number of rotatable bonds is 5. The molecular weight excluding hydrogens is 278 g/mol. The molecule has 0 bridgehead atoms. The minimum Gasteiger partial charge on any atom is -0.476 e. The summed E-state index contributed by atoms with van der Waals surface area (Å²) in [7, 11) is 0. The van der Waals surface area contributed by atoms with Crippen LogP contribution in [-0.4, -0.2) is 39.6 Å². The molecular formula is C16H21N5O. The van der Waals surface area contributed by atoms with E-state index >= 15 is 0 Å². The largest absolute Gasteiger partial charge is 0.476 e. The summed E-state index contributed by atoms with van der Waals surface area (Å²) in [5, 5.41) is 0. The molecule has 22 heavy (non-hydrogen) atoms. The molecule has 1 saturated heterocycles. The molecule has 6 heteroatoms. The highest BCUT2D eigenvalue weighted by Crippen LogP contribution is 2.22. The van der Waals surface area contributed by atoms with E-state index in [1.54, 1.807) is 24.9 Å². The van der Waals surface area contributed by atoms with Gasteiger partial charge in [-0.3, -0.25) is 4.98 Å². The number of piperidine rings is 1. The maximum Gasteiger partial charge on any atom is 0.232 e. The second-order valence-corrected chi connectivity index (χ2v) is 5.53. The maximum atomic E-state index is 5.74. The molecule has 0 aromatic carbocycles. The molecule has 0 aliphatic carbocycles. The predicted molar refractivity (Wildman–Crippen MR) is 83.9 cm³/mol. The Morgan fingerprint density at radius 2 is 2.23 bits per heavy atom. The highest BCUT2D eigenvalue weighted by molar-refractivity contribution is 5.39. The monoisotopic (exact) mass is 299 g/mol. The molecule has 2 aromatic heterocycles. The van der Waals surface area contributed by atoms with E-state index in [1.807, 2.05) is 0 Å². The average Bonchev–Trinajstić information content (AvgIpc) is 2.61. The zero-order valence-electron chi connectivity index (χ0n) is 12.9. The maximum absolute atomic E-state index is 5.74. The zero-order chi connectivity index (χ0) is 15.2. The van der Waals surface area contributed by atoms with Crippen LogP contribution >= 0.6 is 0 Å². The van der Waals surface area contributed by atoms with Crippen molar-refractivity contribution >= 4 is 5.82 Å². The van der Waals surface area contributed by atoms with Crippen molar-refractivity contribution in [1.29, 1.82) is 0 Å². The van der Waals surface area contributed by atoms with E-state index in [9.17, 15) is 0 Å². The summed E-state index contributed by atoms with van der Waals surface area (Å²) >= 11 is 0. The number of ether oxygens (including phenoxy) is 1. The van der Waals surface area contributed by atoms with Crippen LogP contribution in [-0.2, 0) is 6.42 Å². The van der Waals surface area contributed by atoms with Gasteiger partial charge in [0.05, 0.1) is 12.8 Å². The van der Waals surface area contributed by atoms with E-state index in [2.05, 4.69) is 37.8 Å². The standard InChI is InChI=1S/C16H21N5O/c1-2-14-8-15(20-12-19-14)21-7-3-4-13(10-21)11-22-16-9-17-5-6-18-16/h5-6,8-9,12-13H,2-4,7,10-11H2,1H3. The topological polar surface area (TPSA) is 64.0 Å². The van der Waals surface area contributed by atoms with E-state index < -0.39 is 0 Å². The molecule has 0 saturated carbocycles. The Kier molecular flexibility index (Phi) is 4.78. The molecule has 1 fully saturated rings. The summed E-state index contributed by atoms with van der Waals surface area (Å²) in [5.74, 6) is 2.10. The van der Waals surface area contributed by atoms with Crippen LogP contribution in [0.2, 0.25) is 0 Å². The van der Waals surface area contributed by atoms with Gasteiger partial charge in [0.25, 0.3) is 0 Å². The quantitative estimate of drug-likeness (QED) is 0.842. The highest BCUT2D eigenvalue weighted by atomic mass is 16.5. The van der Waals surface area contributed by atoms with Crippen molar-refractivity contribution in [3.05, 3.63) is 36.7 Å². The van der Waals surface area contributed by atoms with Crippen LogP contribution in [0, 0.1) is 5.92 Å². The van der Waals surface area contributed by atoms with Crippen molar-refractivity contribution in [3.8, 4) is 5.88 Å². The van der Waals surface area contributed by atoms with Crippen LogP contribution in [0.3, 0.4) is 0 Å². The second kappa shape index (κ2) is 7.15. The lowest BCUT2D eigenvalue weighted by molar-refractivity contribution is 0.221. The average molecular weight is 299 g/mol. The summed E-state index contributed by atoms with van der Waals surface area (Å²) in [6.45, 7) is 4.78. The van der Waals surface area contributed by atoms with Gasteiger partial charge in [0.1, 0.15) is 12.1 Å². The van der Waals surface area contributed by atoms with Crippen molar-refractivity contribution in [2.75, 3.05) is 24.6 Å². The predicted octanol–water partition coefficient (Wildman–Crippen LogP) is 2.12. The van der Waals surface area contributed by atoms with E-state index in [-0.39, 0.29) is 0 Å². The van der Waals surface area contributed by atoms with Crippen LogP contribution in [0.5, 0.6) is 5.88 Å². The molecule has 6 nitrogen and oxygen atoms in total. The normalized spacial score (nSPS) is 18.2. The number of aromatic nitrogens is 4. The molecule has 1 atom stereocenters. The van der Waals surface area contributed by atoms with Crippen LogP contribution < -0.4 is 9.64 Å². The Morgan fingerprint density at radius 1 is 1.27 bits per heavy atom. The van der Waals surface area contributed by atoms with E-state index in [1.165, 1.54) is 6.42 Å². The fraction of sp³-hybridized carbons (Fsp3) is 0.500. The Bertz CT molecular complexity index is 592. The number of nitrogens with zero attached hydrogens (tertiary/aromatic N) is 5. The van der Waals surface area contributed by atoms with Gasteiger partial charge >= 0.3 is 0 Å². The lowest BCUT2D eigenvalue weighted by atomic mass is 9.99. The van der Waals surface area contributed by atoms with Gasteiger partial charge in [0.15, 0.2) is 0 Å². The Balaban J connectivity index is 1.59. The molecule has 3 heterocycles. The van der Waals surface area contributed by atoms with Crippen molar-refractivity contribution in [1.82, 2.24) is 19.9 Å². The highest BCUT2D eigenvalue weighted by Gasteiger charge is 2.22. The van der Waals surface area contributed by atoms with Crippen LogP contribution in [0.15, 0.2) is 31.0 Å². The fourth-order valence-corrected chi connectivity index (χ4v) is 2.72. The van der Waals surface area contributed by atoms with Crippen molar-refractivity contribution < 1.29 is 4.74 Å². The summed E-state index contributed by atoms with van der Waals surface area (Å²) in [5.41, 5.74) is 1.09. The Morgan fingerprint density at radius 3 is 3.05 bits per heavy atom. The zero-order valence-corrected chi connectivity index (χ0v) is 12.9. The molecule has 0 amide bonds. The summed E-state index contributed by atoms with van der Waals surface area (Å²) in [6.07, 6.45) is 9.86. The van der Waals surface area contributed by atoms with E-state index in [0.29, 0.717) is 18.4 Å². The minimum absolute atomic E-state index is 0.482. The first-order valence-electron chi connectivity index (χ1n) is 7.80. The minimum atomic E-state index is 0.482. The lowest BCUT2D eigenvalue weighted by Crippen LogP contribution is -2.38. The van der Waals surface area contributed by atoms with Crippen molar-refractivity contribution in [3.63, 3.8) is 0 Å². The first kappa shape index (κ1) is 14.7. The van der Waals surface area contributed by atoms with Gasteiger partial charge in [0, 0.05) is 43.2 Å². The van der Waals surface area contributed by atoms with Crippen molar-refractivity contribution in [2.45, 2.75) is 26.2 Å². The Hall–Kier alpha value is -2.24. The molecule has 0 radical (unpaired) electrons. The molecule has 0 N–H and O–H groups in total. The number of aryl methyl sites for hydroxylation is 1. The van der Waals surface area contributed by atoms with E-state index in [0.717, 1.165) is 37.4 Å². The molecule has 1 aliphatic rings. The first-order valence-corrected chi connectivity index (χ1v) is 7.80.